The normalized spacial score (nSPS) is 20.0. The molecule has 3 amide bonds. The van der Waals surface area contributed by atoms with E-state index in [0.29, 0.717) is 38.0 Å². The maximum absolute atomic E-state index is 12.9. The van der Waals surface area contributed by atoms with E-state index in [1.807, 2.05) is 6.92 Å². The van der Waals surface area contributed by atoms with Gasteiger partial charge in [-0.3, -0.25) is 14.4 Å². The number of carboxylic acid groups (broad SMARTS) is 1. The molecule has 2 aromatic carbocycles. The van der Waals surface area contributed by atoms with Gasteiger partial charge in [0.15, 0.2) is 6.10 Å². The largest absolute Gasteiger partial charge is 0.479 e. The van der Waals surface area contributed by atoms with Crippen molar-refractivity contribution in [1.29, 1.82) is 0 Å². The Morgan fingerprint density at radius 3 is 2.00 bits per heavy atom. The van der Waals surface area contributed by atoms with Gasteiger partial charge < -0.3 is 45.4 Å². The molecule has 1 saturated heterocycles. The van der Waals surface area contributed by atoms with E-state index in [1.54, 1.807) is 4.90 Å². The summed E-state index contributed by atoms with van der Waals surface area (Å²) < 4.78 is 10.6. The molecule has 5 atom stereocenters. The highest BCUT2D eigenvalue weighted by Crippen LogP contribution is 2.25. The van der Waals surface area contributed by atoms with Crippen LogP contribution in [0.1, 0.15) is 68.6 Å². The van der Waals surface area contributed by atoms with E-state index in [4.69, 9.17) is 48.7 Å². The van der Waals surface area contributed by atoms with E-state index in [-0.39, 0.29) is 63.4 Å². The Kier molecular flexibility index (Phi) is 16.2. The van der Waals surface area contributed by atoms with Crippen molar-refractivity contribution in [3.8, 4) is 5.75 Å². The van der Waals surface area contributed by atoms with E-state index in [1.165, 1.54) is 24.3 Å². The number of unbranched alkanes of at least 4 members (excludes halogenated alkanes) is 4. The van der Waals surface area contributed by atoms with Crippen LogP contribution >= 0.6 is 0 Å². The van der Waals surface area contributed by atoms with Gasteiger partial charge in [0.1, 0.15) is 63.3 Å². The van der Waals surface area contributed by atoms with E-state index < -0.39 is 42.6 Å². The molecule has 3 rings (SSSR count). The van der Waals surface area contributed by atoms with Crippen LogP contribution in [0.5, 0.6) is 5.75 Å². The molecule has 1 heterocycles. The number of benzene rings is 2. The molecule has 0 aromatic heterocycles. The fraction of sp³-hybridized carbons (Fsp3) is 0.515. The number of nitrogens with zero attached hydrogens (tertiary/aromatic N) is 1. The molecule has 0 aliphatic carbocycles. The molecule has 0 saturated carbocycles. The van der Waals surface area contributed by atoms with Gasteiger partial charge in [-0.15, -0.1) is 16.4 Å². The topological polar surface area (TPSA) is 195 Å². The minimum Gasteiger partial charge on any atom is -0.479 e. The van der Waals surface area contributed by atoms with E-state index >= 15 is 0 Å². The van der Waals surface area contributed by atoms with Crippen molar-refractivity contribution < 1.29 is 49.1 Å². The number of carbonyl (C=O) groups excluding carboxylic acids is 3. The number of amides is 3. The molecule has 51 heavy (non-hydrogen) atoms. The first-order valence-corrected chi connectivity index (χ1v) is 16.7. The highest BCUT2D eigenvalue weighted by Gasteiger charge is 2.48. The second kappa shape index (κ2) is 19.8. The number of rotatable bonds is 18. The first-order chi connectivity index (χ1) is 24.2. The van der Waals surface area contributed by atoms with Gasteiger partial charge >= 0.3 is 5.97 Å². The van der Waals surface area contributed by atoms with Crippen molar-refractivity contribution in [2.24, 2.45) is 0 Å². The molecule has 10 radical (unpaired) electrons. The van der Waals surface area contributed by atoms with Gasteiger partial charge in [-0.05, 0) is 43.5 Å². The molecule has 1 fully saturated rings. The number of carboxylic acids is 1. The van der Waals surface area contributed by atoms with Crippen LogP contribution < -0.4 is 42.7 Å². The van der Waals surface area contributed by atoms with Crippen LogP contribution in [0.4, 0.5) is 5.69 Å². The number of aliphatic hydroxyl groups excluding tert-OH is 3. The van der Waals surface area contributed by atoms with Crippen molar-refractivity contribution in [3.63, 3.8) is 0 Å². The molecule has 6 N–H and O–H groups in total. The maximum atomic E-state index is 12.9. The van der Waals surface area contributed by atoms with Gasteiger partial charge in [-0.25, -0.2) is 4.79 Å². The van der Waals surface area contributed by atoms with E-state index in [9.17, 15) is 39.6 Å². The van der Waals surface area contributed by atoms with Crippen LogP contribution in [0.15, 0.2) is 24.3 Å². The Balaban J connectivity index is 1.44. The van der Waals surface area contributed by atoms with Crippen LogP contribution in [0, 0.1) is 0 Å². The Morgan fingerprint density at radius 2 is 1.39 bits per heavy atom. The summed E-state index contributed by atoms with van der Waals surface area (Å²) in [6.07, 6.45) is -3.82. The summed E-state index contributed by atoms with van der Waals surface area (Å²) >= 11 is 0. The second-order valence-electron chi connectivity index (χ2n) is 12.3. The van der Waals surface area contributed by atoms with Crippen LogP contribution in [-0.4, -0.2) is 139 Å². The third-order valence-corrected chi connectivity index (χ3v) is 8.48. The highest BCUT2D eigenvalue weighted by molar-refractivity contribution is 6.68. The van der Waals surface area contributed by atoms with Crippen LogP contribution in [0.2, 0.25) is 0 Å². The molecule has 18 heteroatoms. The lowest BCUT2D eigenvalue weighted by molar-refractivity contribution is -0.271. The molecule has 262 valence electrons. The zero-order valence-corrected chi connectivity index (χ0v) is 28.5. The Hall–Kier alpha value is -3.72. The van der Waals surface area contributed by atoms with Crippen molar-refractivity contribution >= 4 is 95.9 Å². The number of anilines is 1. The number of ether oxygens (including phenoxy) is 2. The van der Waals surface area contributed by atoms with Crippen LogP contribution in [0.25, 0.3) is 0 Å². The fourth-order valence-electron chi connectivity index (χ4n) is 5.37. The van der Waals surface area contributed by atoms with Crippen LogP contribution in [0.3, 0.4) is 0 Å². The predicted octanol–water partition coefficient (Wildman–Crippen LogP) is -3.74. The molecule has 13 nitrogen and oxygen atoms in total. The first-order valence-electron chi connectivity index (χ1n) is 16.7. The molecule has 2 aromatic rings. The number of nitrogens with one attached hydrogen (secondary N) is 2. The summed E-state index contributed by atoms with van der Waals surface area (Å²) in [5.74, 6) is -2.26. The number of hydrogen-bond donors (Lipinski definition) is 6. The third kappa shape index (κ3) is 11.4. The number of aliphatic carboxylic acids is 1. The predicted molar refractivity (Wildman–Crippen MR) is 195 cm³/mol. The standard InChI is InChI=1S/C33H40B5N3O10/c1-2-3-8-20(43)41(15-7-5-4-6-14-39-31(47)21-22(34)24(36)26(38)25(37)23(21)35)16-13-19(42)40-17-9-11-18(12-10-17)50-33-29(46)27(44)28(45)30(51-33)32(48)49/h9-12,27-30,33,44-46H,2-8,13-16H2,1H3,(H,39,47)(H,40,42)(H,48,49). The third-order valence-electron chi connectivity index (χ3n) is 8.48. The minimum atomic E-state index is -1.84. The average molecular weight is 693 g/mol. The number of hydrogen-bond acceptors (Lipinski definition) is 9. The smallest absolute Gasteiger partial charge is 0.335 e. The Morgan fingerprint density at radius 1 is 0.784 bits per heavy atom. The summed E-state index contributed by atoms with van der Waals surface area (Å²) in [4.78, 5) is 51.3. The lowest BCUT2D eigenvalue weighted by Gasteiger charge is -2.38. The Bertz CT molecular complexity index is 1500. The highest BCUT2D eigenvalue weighted by atomic mass is 16.7. The van der Waals surface area contributed by atoms with E-state index in [2.05, 4.69) is 10.6 Å². The number of aliphatic hydroxyl groups is 3. The molecule has 5 unspecified atom stereocenters. The summed E-state index contributed by atoms with van der Waals surface area (Å²) in [7, 11) is 29.3. The van der Waals surface area contributed by atoms with Gasteiger partial charge in [-0.2, -0.15) is 0 Å². The number of carbonyl (C=O) groups is 4. The first kappa shape index (κ1) is 41.7. The monoisotopic (exact) mass is 693 g/mol. The summed E-state index contributed by atoms with van der Waals surface area (Å²) in [5.41, 5.74) is 0.373. The van der Waals surface area contributed by atoms with Crippen molar-refractivity contribution in [2.75, 3.05) is 25.0 Å². The van der Waals surface area contributed by atoms with Crippen LogP contribution in [-0.2, 0) is 19.1 Å². The van der Waals surface area contributed by atoms with Gasteiger partial charge in [0.25, 0.3) is 0 Å². The zero-order chi connectivity index (χ0) is 37.8. The van der Waals surface area contributed by atoms with E-state index in [0.717, 1.165) is 25.7 Å². The SMILES string of the molecule is [B]c1c([B])c([B])c(C(=O)NCCCCCCN(CCC(=O)Nc2ccc(OC3OC(C(=O)O)C(O)C(O)C3O)cc2)C(=O)CCCC)c([B])c1[B]. The maximum Gasteiger partial charge on any atom is 0.335 e. The molecule has 0 spiro atoms. The summed E-state index contributed by atoms with van der Waals surface area (Å²) in [5, 5.41) is 44.7. The lowest BCUT2D eigenvalue weighted by atomic mass is 9.60. The van der Waals surface area contributed by atoms with Crippen molar-refractivity contribution in [2.45, 2.75) is 89.0 Å². The average Bonchev–Trinajstić information content (AvgIpc) is 3.10. The second-order valence-corrected chi connectivity index (χ2v) is 12.3. The van der Waals surface area contributed by atoms with Crippen molar-refractivity contribution in [3.05, 3.63) is 29.8 Å². The zero-order valence-electron chi connectivity index (χ0n) is 28.5. The molecule has 1 aliphatic rings. The van der Waals surface area contributed by atoms with Gasteiger partial charge in [-0.1, -0.05) is 37.1 Å². The summed E-state index contributed by atoms with van der Waals surface area (Å²) in [6.45, 7) is 3.03. The van der Waals surface area contributed by atoms with Gasteiger partial charge in [0.05, 0.1) is 0 Å². The minimum absolute atomic E-state index is 0.000345. The molecular weight excluding hydrogens is 652 g/mol. The quantitative estimate of drug-likeness (QED) is 0.0668. The lowest BCUT2D eigenvalue weighted by Crippen LogP contribution is -2.61. The molecular formula is C33H40B5N3O10. The van der Waals surface area contributed by atoms with Gasteiger partial charge in [0.2, 0.25) is 24.0 Å². The van der Waals surface area contributed by atoms with Gasteiger partial charge in [0, 0.05) is 43.7 Å². The molecule has 1 aliphatic heterocycles. The Labute approximate surface area is 304 Å². The fourth-order valence-corrected chi connectivity index (χ4v) is 5.37. The van der Waals surface area contributed by atoms with Crippen molar-refractivity contribution in [1.82, 2.24) is 10.2 Å². The molecule has 0 bridgehead atoms. The summed E-state index contributed by atoms with van der Waals surface area (Å²) in [6, 6.07) is 5.91.